The molecule has 108 valence electrons. The first-order valence-electron chi connectivity index (χ1n) is 6.98. The molecule has 0 aliphatic rings. The highest BCUT2D eigenvalue weighted by Gasteiger charge is 2.10. The molecule has 0 atom stereocenters. The number of ketones is 1. The Morgan fingerprint density at radius 3 is 2.14 bits per heavy atom. The Morgan fingerprint density at radius 1 is 0.864 bits per heavy atom. The maximum absolute atomic E-state index is 12.3. The number of hydrogen-bond donors (Lipinski definition) is 0. The van der Waals surface area contributed by atoms with Crippen molar-refractivity contribution in [3.8, 4) is 16.9 Å². The highest BCUT2D eigenvalue weighted by atomic mass is 16.5. The number of rotatable bonds is 4. The lowest BCUT2D eigenvalue weighted by Crippen LogP contribution is -2.03. The molecule has 0 bridgehead atoms. The number of carbonyl (C=O) groups excluding carboxylic acids is 1. The molecule has 0 spiro atoms. The SMILES string of the molecule is COc1ccc(-c2ccc(C(=O)c3ccccc3)nc2)cc1. The molecule has 3 aromatic rings. The molecule has 0 N–H and O–H groups in total. The summed E-state index contributed by atoms with van der Waals surface area (Å²) in [5.41, 5.74) is 3.09. The zero-order valence-corrected chi connectivity index (χ0v) is 12.2. The van der Waals surface area contributed by atoms with Gasteiger partial charge in [-0.15, -0.1) is 0 Å². The first-order valence-corrected chi connectivity index (χ1v) is 6.98. The molecule has 3 heteroatoms. The fourth-order valence-electron chi connectivity index (χ4n) is 2.22. The number of ether oxygens (including phenoxy) is 1. The van der Waals surface area contributed by atoms with Gasteiger partial charge in [-0.1, -0.05) is 48.5 Å². The van der Waals surface area contributed by atoms with E-state index in [0.717, 1.165) is 16.9 Å². The van der Waals surface area contributed by atoms with Crippen LogP contribution in [0.4, 0.5) is 0 Å². The number of methoxy groups -OCH3 is 1. The van der Waals surface area contributed by atoms with Gasteiger partial charge in [-0.2, -0.15) is 0 Å². The number of aromatic nitrogens is 1. The van der Waals surface area contributed by atoms with Crippen LogP contribution >= 0.6 is 0 Å². The number of pyridine rings is 1. The van der Waals surface area contributed by atoms with Crippen LogP contribution in [0.2, 0.25) is 0 Å². The lowest BCUT2D eigenvalue weighted by Gasteiger charge is -2.05. The molecule has 0 fully saturated rings. The van der Waals surface area contributed by atoms with Crippen molar-refractivity contribution in [3.05, 3.63) is 84.2 Å². The molecule has 0 unspecified atom stereocenters. The second-order valence-corrected chi connectivity index (χ2v) is 4.86. The van der Waals surface area contributed by atoms with Crippen molar-refractivity contribution in [2.24, 2.45) is 0 Å². The Bertz CT molecular complexity index is 763. The third-order valence-electron chi connectivity index (χ3n) is 3.46. The molecule has 0 aliphatic carbocycles. The van der Waals surface area contributed by atoms with Gasteiger partial charge in [0.25, 0.3) is 0 Å². The van der Waals surface area contributed by atoms with Gasteiger partial charge in [0.2, 0.25) is 5.78 Å². The monoisotopic (exact) mass is 289 g/mol. The second kappa shape index (κ2) is 6.22. The summed E-state index contributed by atoms with van der Waals surface area (Å²) in [6.07, 6.45) is 1.72. The summed E-state index contributed by atoms with van der Waals surface area (Å²) >= 11 is 0. The van der Waals surface area contributed by atoms with Crippen molar-refractivity contribution in [2.45, 2.75) is 0 Å². The summed E-state index contributed by atoms with van der Waals surface area (Å²) in [7, 11) is 1.64. The van der Waals surface area contributed by atoms with Gasteiger partial charge in [0.05, 0.1) is 7.11 Å². The van der Waals surface area contributed by atoms with Gasteiger partial charge in [0, 0.05) is 17.3 Å². The summed E-state index contributed by atoms with van der Waals surface area (Å²) in [6, 6.07) is 20.6. The molecule has 1 aromatic heterocycles. The molecule has 0 saturated heterocycles. The summed E-state index contributed by atoms with van der Waals surface area (Å²) < 4.78 is 5.14. The predicted molar refractivity (Wildman–Crippen MR) is 86.1 cm³/mol. The van der Waals surface area contributed by atoms with E-state index in [9.17, 15) is 4.79 Å². The number of carbonyl (C=O) groups is 1. The summed E-state index contributed by atoms with van der Waals surface area (Å²) in [5, 5.41) is 0. The largest absolute Gasteiger partial charge is 0.497 e. The van der Waals surface area contributed by atoms with Crippen LogP contribution < -0.4 is 4.74 Å². The van der Waals surface area contributed by atoms with Crippen molar-refractivity contribution in [2.75, 3.05) is 7.11 Å². The Hall–Kier alpha value is -2.94. The Labute approximate surface area is 129 Å². The summed E-state index contributed by atoms with van der Waals surface area (Å²) in [6.45, 7) is 0. The number of benzene rings is 2. The van der Waals surface area contributed by atoms with E-state index in [-0.39, 0.29) is 5.78 Å². The molecule has 1 heterocycles. The minimum Gasteiger partial charge on any atom is -0.497 e. The minimum absolute atomic E-state index is 0.0677. The van der Waals surface area contributed by atoms with Crippen LogP contribution in [-0.4, -0.2) is 17.9 Å². The average molecular weight is 289 g/mol. The number of hydrogen-bond acceptors (Lipinski definition) is 3. The lowest BCUT2D eigenvalue weighted by molar-refractivity contribution is 0.103. The predicted octanol–water partition coefficient (Wildman–Crippen LogP) is 3.99. The average Bonchev–Trinajstić information content (AvgIpc) is 2.62. The van der Waals surface area contributed by atoms with E-state index in [2.05, 4.69) is 4.98 Å². The fourth-order valence-corrected chi connectivity index (χ4v) is 2.22. The Kier molecular flexibility index (Phi) is 3.97. The van der Waals surface area contributed by atoms with Crippen LogP contribution in [0, 0.1) is 0 Å². The van der Waals surface area contributed by atoms with Crippen LogP contribution in [-0.2, 0) is 0 Å². The van der Waals surface area contributed by atoms with E-state index in [1.165, 1.54) is 0 Å². The standard InChI is InChI=1S/C19H15NO2/c1-22-17-10-7-14(8-11-17)16-9-12-18(20-13-16)19(21)15-5-3-2-4-6-15/h2-13H,1H3. The lowest BCUT2D eigenvalue weighted by atomic mass is 10.0. The smallest absolute Gasteiger partial charge is 0.211 e. The van der Waals surface area contributed by atoms with Crippen LogP contribution in [0.3, 0.4) is 0 Å². The molecule has 0 radical (unpaired) electrons. The quantitative estimate of drug-likeness (QED) is 0.682. The van der Waals surface area contributed by atoms with Crippen LogP contribution in [0.25, 0.3) is 11.1 Å². The van der Waals surface area contributed by atoms with Gasteiger partial charge in [0.15, 0.2) is 0 Å². The number of nitrogens with zero attached hydrogens (tertiary/aromatic N) is 1. The molecular weight excluding hydrogens is 274 g/mol. The normalized spacial score (nSPS) is 10.2. The van der Waals surface area contributed by atoms with Crippen molar-refractivity contribution in [3.63, 3.8) is 0 Å². The van der Waals surface area contributed by atoms with Crippen molar-refractivity contribution < 1.29 is 9.53 Å². The van der Waals surface area contributed by atoms with Crippen LogP contribution in [0.1, 0.15) is 16.1 Å². The summed E-state index contributed by atoms with van der Waals surface area (Å²) in [4.78, 5) is 16.6. The first-order chi connectivity index (χ1) is 10.8. The van der Waals surface area contributed by atoms with E-state index >= 15 is 0 Å². The Balaban J connectivity index is 1.84. The molecule has 0 aliphatic heterocycles. The molecule has 2 aromatic carbocycles. The van der Waals surface area contributed by atoms with Crippen LogP contribution in [0.15, 0.2) is 72.9 Å². The van der Waals surface area contributed by atoms with E-state index in [4.69, 9.17) is 4.74 Å². The molecule has 0 saturated carbocycles. The zero-order chi connectivity index (χ0) is 15.4. The van der Waals surface area contributed by atoms with E-state index < -0.39 is 0 Å². The topological polar surface area (TPSA) is 39.2 Å². The van der Waals surface area contributed by atoms with Crippen molar-refractivity contribution >= 4 is 5.78 Å². The fraction of sp³-hybridized carbons (Fsp3) is 0.0526. The van der Waals surface area contributed by atoms with E-state index in [0.29, 0.717) is 11.3 Å². The molecule has 3 rings (SSSR count). The summed E-state index contributed by atoms with van der Waals surface area (Å²) in [5.74, 6) is 0.745. The molecule has 3 nitrogen and oxygen atoms in total. The van der Waals surface area contributed by atoms with Gasteiger partial charge in [-0.05, 0) is 23.8 Å². The zero-order valence-electron chi connectivity index (χ0n) is 12.2. The third kappa shape index (κ3) is 2.88. The molecule has 22 heavy (non-hydrogen) atoms. The van der Waals surface area contributed by atoms with Gasteiger partial charge in [0.1, 0.15) is 11.4 Å². The first kappa shape index (κ1) is 14.0. The Morgan fingerprint density at radius 2 is 1.55 bits per heavy atom. The van der Waals surface area contributed by atoms with Gasteiger partial charge < -0.3 is 4.74 Å². The highest BCUT2D eigenvalue weighted by Crippen LogP contribution is 2.22. The van der Waals surface area contributed by atoms with E-state index in [1.54, 1.807) is 31.5 Å². The molecule has 0 amide bonds. The van der Waals surface area contributed by atoms with Crippen molar-refractivity contribution in [1.82, 2.24) is 4.98 Å². The van der Waals surface area contributed by atoms with Crippen LogP contribution in [0.5, 0.6) is 5.75 Å². The van der Waals surface area contributed by atoms with Gasteiger partial charge in [-0.25, -0.2) is 0 Å². The third-order valence-corrected chi connectivity index (χ3v) is 3.46. The maximum Gasteiger partial charge on any atom is 0.211 e. The second-order valence-electron chi connectivity index (χ2n) is 4.86. The van der Waals surface area contributed by atoms with E-state index in [1.807, 2.05) is 48.5 Å². The maximum atomic E-state index is 12.3. The molecular formula is C19H15NO2. The van der Waals surface area contributed by atoms with Gasteiger partial charge in [-0.3, -0.25) is 9.78 Å². The van der Waals surface area contributed by atoms with Crippen molar-refractivity contribution in [1.29, 1.82) is 0 Å². The highest BCUT2D eigenvalue weighted by molar-refractivity contribution is 6.07. The van der Waals surface area contributed by atoms with Gasteiger partial charge >= 0.3 is 0 Å². The minimum atomic E-state index is -0.0677.